The van der Waals surface area contributed by atoms with Crippen molar-refractivity contribution in [3.05, 3.63) is 77.1 Å². The number of methoxy groups -OCH3 is 1. The molecule has 3 aromatic carbocycles. The second-order valence-electron chi connectivity index (χ2n) is 8.85. The third-order valence-electron chi connectivity index (χ3n) is 6.14. The minimum Gasteiger partial charge on any atom is -0.743 e. The summed E-state index contributed by atoms with van der Waals surface area (Å²) >= 11 is 1.29. The molecular weight excluding hydrogens is 587 g/mol. The van der Waals surface area contributed by atoms with Crippen LogP contribution in [0.15, 0.2) is 72.1 Å². The minimum atomic E-state index is -4.62. The van der Waals surface area contributed by atoms with Crippen molar-refractivity contribution in [1.29, 1.82) is 0 Å². The van der Waals surface area contributed by atoms with Crippen molar-refractivity contribution in [3.8, 4) is 11.5 Å². The third kappa shape index (κ3) is 6.69. The number of allylic oxidation sites excluding steroid dienone is 2. The summed E-state index contributed by atoms with van der Waals surface area (Å²) in [5, 5.41) is 2.26. The molecule has 40 heavy (non-hydrogen) atoms. The Labute approximate surface area is 257 Å². The normalized spacial score (nSPS) is 14.8. The fraction of sp³-hybridized carbons (Fsp3) is 0.192. The van der Waals surface area contributed by atoms with Gasteiger partial charge in [0, 0.05) is 12.2 Å². The smallest absolute Gasteiger partial charge is 0.743 e. The van der Waals surface area contributed by atoms with Gasteiger partial charge in [-0.3, -0.25) is 9.45 Å². The number of fused-ring (bicyclic) bond motifs is 3. The van der Waals surface area contributed by atoms with E-state index in [0.717, 1.165) is 15.5 Å². The Morgan fingerprint density at radius 3 is 2.45 bits per heavy atom. The summed E-state index contributed by atoms with van der Waals surface area (Å²) in [6, 6.07) is 16.3. The molecule has 10 nitrogen and oxygen atoms in total. The molecule has 5 rings (SSSR count). The van der Waals surface area contributed by atoms with Gasteiger partial charge in [-0.05, 0) is 47.0 Å². The van der Waals surface area contributed by atoms with E-state index in [1.165, 1.54) is 27.9 Å². The van der Waals surface area contributed by atoms with Gasteiger partial charge in [-0.25, -0.2) is 8.42 Å². The van der Waals surface area contributed by atoms with E-state index in [9.17, 15) is 25.9 Å². The number of rotatable bonds is 8. The van der Waals surface area contributed by atoms with E-state index >= 15 is 0 Å². The largest absolute Gasteiger partial charge is 1.00 e. The van der Waals surface area contributed by atoms with E-state index in [0.29, 0.717) is 39.7 Å². The van der Waals surface area contributed by atoms with Crippen LogP contribution >= 0.6 is 11.3 Å². The van der Waals surface area contributed by atoms with Gasteiger partial charge in [-0.15, -0.1) is 0 Å². The first kappa shape index (κ1) is 30.5. The summed E-state index contributed by atoms with van der Waals surface area (Å²) < 4.78 is 82.2. The first-order valence-corrected chi connectivity index (χ1v) is 15.7. The average molecular weight is 612 g/mol. The third-order valence-corrected chi connectivity index (χ3v) is 8.41. The molecule has 1 aromatic heterocycles. The second kappa shape index (κ2) is 11.8. The molecule has 0 radical (unpaired) electrons. The van der Waals surface area contributed by atoms with Gasteiger partial charge in [0.1, 0.15) is 10.4 Å². The molecule has 0 saturated carbocycles. The molecule has 0 amide bonds. The Morgan fingerprint density at radius 1 is 1.12 bits per heavy atom. The first-order valence-electron chi connectivity index (χ1n) is 11.7. The molecule has 0 unspecified atom stereocenters. The predicted octanol–water partition coefficient (Wildman–Crippen LogP) is 1.24. The quantitative estimate of drug-likeness (QED) is 0.177. The Kier molecular flexibility index (Phi) is 8.97. The summed E-state index contributed by atoms with van der Waals surface area (Å²) in [7, 11) is -7.55. The summed E-state index contributed by atoms with van der Waals surface area (Å²) in [6.45, 7) is 1.87. The van der Waals surface area contributed by atoms with Gasteiger partial charge in [-0.2, -0.15) is 13.0 Å². The first-order chi connectivity index (χ1) is 18.4. The topological polar surface area (TPSA) is 137 Å². The number of benzene rings is 3. The van der Waals surface area contributed by atoms with Crippen LogP contribution in [0.5, 0.6) is 11.5 Å². The predicted molar refractivity (Wildman–Crippen MR) is 148 cm³/mol. The van der Waals surface area contributed by atoms with E-state index in [4.69, 9.17) is 9.47 Å². The van der Waals surface area contributed by atoms with Crippen molar-refractivity contribution in [3.63, 3.8) is 0 Å². The molecular formula is C26H24N2NaO8S3+. The van der Waals surface area contributed by atoms with Crippen LogP contribution in [0.25, 0.3) is 27.1 Å². The van der Waals surface area contributed by atoms with Gasteiger partial charge >= 0.3 is 29.6 Å². The molecule has 2 heterocycles. The summed E-state index contributed by atoms with van der Waals surface area (Å²) in [4.78, 5) is 1.37. The van der Waals surface area contributed by atoms with Crippen molar-refractivity contribution in [2.24, 2.45) is 0 Å². The van der Waals surface area contributed by atoms with Crippen molar-refractivity contribution < 1.29 is 69.5 Å². The van der Waals surface area contributed by atoms with E-state index in [1.54, 1.807) is 42.5 Å². The van der Waals surface area contributed by atoms with Crippen LogP contribution < -0.4 is 48.5 Å². The zero-order valence-corrected chi connectivity index (χ0v) is 26.3. The molecule has 14 heteroatoms. The van der Waals surface area contributed by atoms with E-state index < -0.39 is 32.0 Å². The minimum absolute atomic E-state index is 0. The van der Waals surface area contributed by atoms with Crippen molar-refractivity contribution >= 4 is 64.3 Å². The number of hydrogen-bond donors (Lipinski definition) is 1. The van der Waals surface area contributed by atoms with Gasteiger partial charge in [0.25, 0.3) is 15.1 Å². The average Bonchev–Trinajstić information content (AvgIpc) is 3.36. The van der Waals surface area contributed by atoms with Crippen molar-refractivity contribution in [2.75, 3.05) is 17.9 Å². The van der Waals surface area contributed by atoms with Crippen LogP contribution in [0.4, 0.5) is 5.69 Å². The number of ether oxygens (including phenoxy) is 2. The van der Waals surface area contributed by atoms with Crippen LogP contribution in [0, 0.1) is 0 Å². The van der Waals surface area contributed by atoms with Gasteiger partial charge in [0.2, 0.25) is 17.3 Å². The number of hydrogen-bond acceptors (Lipinski definition) is 9. The monoisotopic (exact) mass is 611 g/mol. The SMILES string of the molecule is CCC(/C=C1\Oc2cc3ccccc3cc2N1CS(=O)(=O)O)=C\c1sc2ccc(OC)cc2[n+]1CS(=O)(=O)[O-].[Na+]. The molecule has 204 valence electrons. The van der Waals surface area contributed by atoms with Gasteiger partial charge in [-0.1, -0.05) is 42.5 Å². The van der Waals surface area contributed by atoms with Gasteiger partial charge in [0.05, 0.1) is 18.9 Å². The van der Waals surface area contributed by atoms with Crippen LogP contribution in [-0.2, 0) is 26.1 Å². The molecule has 0 aliphatic carbocycles. The summed E-state index contributed by atoms with van der Waals surface area (Å²) in [5.41, 5.74) is 1.67. The maximum atomic E-state index is 11.9. The molecule has 1 N–H and O–H groups in total. The summed E-state index contributed by atoms with van der Waals surface area (Å²) in [6.07, 6.45) is 3.83. The molecule has 0 bridgehead atoms. The fourth-order valence-corrected chi connectivity index (χ4v) is 6.75. The zero-order valence-electron chi connectivity index (χ0n) is 21.9. The molecule has 0 fully saturated rings. The molecule has 4 aromatic rings. The van der Waals surface area contributed by atoms with Crippen LogP contribution in [0.1, 0.15) is 18.4 Å². The Morgan fingerprint density at radius 2 is 1.82 bits per heavy atom. The van der Waals surface area contributed by atoms with Crippen LogP contribution in [0.2, 0.25) is 0 Å². The van der Waals surface area contributed by atoms with E-state index in [-0.39, 0.29) is 35.4 Å². The maximum absolute atomic E-state index is 11.9. The molecule has 0 atom stereocenters. The molecule has 1 aliphatic rings. The number of thiazole rings is 1. The maximum Gasteiger partial charge on any atom is 1.00 e. The molecule has 0 spiro atoms. The Hall–Kier alpha value is -2.49. The number of nitrogens with zero attached hydrogens (tertiary/aromatic N) is 2. The van der Waals surface area contributed by atoms with E-state index in [1.807, 2.05) is 31.2 Å². The second-order valence-corrected chi connectivity index (χ2v) is 12.7. The number of aromatic nitrogens is 1. The fourth-order valence-electron chi connectivity index (χ4n) is 4.36. The van der Waals surface area contributed by atoms with Crippen LogP contribution in [0.3, 0.4) is 0 Å². The van der Waals surface area contributed by atoms with Crippen molar-refractivity contribution in [2.45, 2.75) is 19.2 Å². The zero-order chi connectivity index (χ0) is 27.9. The Balaban J connectivity index is 0.00000370. The van der Waals surface area contributed by atoms with Gasteiger partial charge < -0.3 is 14.0 Å². The van der Waals surface area contributed by atoms with Crippen LogP contribution in [-0.4, -0.2) is 38.9 Å². The standard InChI is InChI=1S/C26H24N2O8S3.Na/c1-3-17(11-26-28(16-39(32,33)34)22-14-20(35-2)8-9-24(22)37-26)10-25-27(15-38(29,30)31)21-12-18-6-4-5-7-19(18)13-23(21)36-25;/h4-14H,3,15-16H2,1-2H3,(H-,29,30,31,32,33,34);/q;+1. The van der Waals surface area contributed by atoms with E-state index in [2.05, 4.69) is 0 Å². The molecule has 1 aliphatic heterocycles. The van der Waals surface area contributed by atoms with Crippen molar-refractivity contribution in [1.82, 2.24) is 0 Å². The number of anilines is 1. The molecule has 0 saturated heterocycles. The Bertz CT molecular complexity index is 1880. The summed E-state index contributed by atoms with van der Waals surface area (Å²) in [5.74, 6) is -0.380. The van der Waals surface area contributed by atoms with Gasteiger partial charge in [0.15, 0.2) is 21.7 Å².